The van der Waals surface area contributed by atoms with Crippen molar-refractivity contribution in [3.8, 4) is 11.6 Å². The Balaban J connectivity index is 1.45. The Hall–Kier alpha value is -4.03. The van der Waals surface area contributed by atoms with E-state index in [-0.39, 0.29) is 5.03 Å². The second-order valence-electron chi connectivity index (χ2n) is 10.2. The number of sulfonamides is 1. The van der Waals surface area contributed by atoms with E-state index in [2.05, 4.69) is 51.6 Å². The first-order valence-corrected chi connectivity index (χ1v) is 14.1. The molecule has 0 N–H and O–H groups in total. The zero-order chi connectivity index (χ0) is 27.4. The van der Waals surface area contributed by atoms with E-state index in [1.807, 2.05) is 42.3 Å². The van der Waals surface area contributed by atoms with E-state index in [0.29, 0.717) is 31.8 Å². The lowest BCUT2D eigenvalue weighted by atomic mass is 9.73. The van der Waals surface area contributed by atoms with E-state index in [9.17, 15) is 8.42 Å². The highest BCUT2D eigenvalue weighted by Gasteiger charge is 2.45. The fourth-order valence-corrected chi connectivity index (χ4v) is 7.17. The van der Waals surface area contributed by atoms with Gasteiger partial charge in [-0.3, -0.25) is 4.68 Å². The van der Waals surface area contributed by atoms with Gasteiger partial charge < -0.3 is 4.74 Å². The van der Waals surface area contributed by atoms with E-state index in [1.54, 1.807) is 23.1 Å². The van der Waals surface area contributed by atoms with Gasteiger partial charge in [-0.15, -0.1) is 10.2 Å². The first-order chi connectivity index (χ1) is 18.7. The van der Waals surface area contributed by atoms with Crippen molar-refractivity contribution in [2.45, 2.75) is 30.2 Å². The fourth-order valence-electron chi connectivity index (χ4n) is 5.75. The summed E-state index contributed by atoms with van der Waals surface area (Å²) >= 11 is 0. The van der Waals surface area contributed by atoms with E-state index >= 15 is 0 Å². The molecular weight excluding hydrogens is 516 g/mol. The zero-order valence-electron chi connectivity index (χ0n) is 22.3. The van der Waals surface area contributed by atoms with Crippen molar-refractivity contribution in [3.63, 3.8) is 0 Å². The molecule has 1 fully saturated rings. The lowest BCUT2D eigenvalue weighted by Crippen LogP contribution is -2.36. The van der Waals surface area contributed by atoms with Crippen LogP contribution < -0.4 is 4.74 Å². The van der Waals surface area contributed by atoms with Crippen molar-refractivity contribution in [3.05, 3.63) is 77.7 Å². The van der Waals surface area contributed by atoms with Crippen molar-refractivity contribution in [2.24, 2.45) is 14.1 Å². The van der Waals surface area contributed by atoms with Crippen LogP contribution in [-0.2, 0) is 36.0 Å². The van der Waals surface area contributed by atoms with Crippen LogP contribution in [0.15, 0.2) is 66.1 Å². The van der Waals surface area contributed by atoms with Crippen molar-refractivity contribution in [2.75, 3.05) is 20.2 Å². The van der Waals surface area contributed by atoms with Gasteiger partial charge in [0.2, 0.25) is 5.03 Å². The normalized spacial score (nSPS) is 18.3. The highest BCUT2D eigenvalue weighted by atomic mass is 32.2. The summed E-state index contributed by atoms with van der Waals surface area (Å²) in [6.07, 6.45) is 6.40. The Bertz CT molecular complexity index is 1770. The van der Waals surface area contributed by atoms with E-state index in [1.165, 1.54) is 11.0 Å². The Morgan fingerprint density at radius 1 is 1.05 bits per heavy atom. The molecule has 1 aliphatic heterocycles. The predicted molar refractivity (Wildman–Crippen MR) is 145 cm³/mol. The summed E-state index contributed by atoms with van der Waals surface area (Å²) in [6.45, 7) is 2.83. The summed E-state index contributed by atoms with van der Waals surface area (Å²) in [5, 5.41) is 18.0. The SMILES string of the molecule is COc1nn(C)cc1-n1ncc2cc(C3(Cc4ccccc4)CCN(S(=O)(=O)c4cnn(C)n4)C3)c(C)cc21. The van der Waals surface area contributed by atoms with E-state index < -0.39 is 15.4 Å². The first kappa shape index (κ1) is 25.3. The maximum Gasteiger partial charge on any atom is 0.264 e. The topological polar surface area (TPSA) is 113 Å². The van der Waals surface area contributed by atoms with Crippen LogP contribution >= 0.6 is 0 Å². The molecule has 202 valence electrons. The third-order valence-corrected chi connectivity index (χ3v) is 9.28. The van der Waals surface area contributed by atoms with Gasteiger partial charge in [0.25, 0.3) is 15.9 Å². The Kier molecular flexibility index (Phi) is 6.03. The van der Waals surface area contributed by atoms with Crippen molar-refractivity contribution in [1.82, 2.24) is 38.9 Å². The quantitative estimate of drug-likeness (QED) is 0.308. The summed E-state index contributed by atoms with van der Waals surface area (Å²) in [6, 6.07) is 14.5. The van der Waals surface area contributed by atoms with Gasteiger partial charge in [0, 0.05) is 38.0 Å². The van der Waals surface area contributed by atoms with Gasteiger partial charge in [-0.05, 0) is 48.6 Å². The molecule has 1 atom stereocenters. The summed E-state index contributed by atoms with van der Waals surface area (Å²) in [5.74, 6) is 0.491. The summed E-state index contributed by atoms with van der Waals surface area (Å²) < 4.78 is 37.6. The number of aromatic nitrogens is 7. The molecule has 3 aromatic heterocycles. The highest BCUT2D eigenvalue weighted by molar-refractivity contribution is 7.89. The Labute approximate surface area is 226 Å². The van der Waals surface area contributed by atoms with Crippen LogP contribution in [0.25, 0.3) is 16.6 Å². The number of ether oxygens (including phenoxy) is 1. The molecule has 0 radical (unpaired) electrons. The van der Waals surface area contributed by atoms with Crippen LogP contribution in [0.1, 0.15) is 23.1 Å². The number of hydrogen-bond donors (Lipinski definition) is 0. The average Bonchev–Trinajstić information content (AvgIpc) is 3.70. The first-order valence-electron chi connectivity index (χ1n) is 12.7. The van der Waals surface area contributed by atoms with Crippen molar-refractivity contribution < 1.29 is 13.2 Å². The van der Waals surface area contributed by atoms with E-state index in [4.69, 9.17) is 4.74 Å². The van der Waals surface area contributed by atoms with Gasteiger partial charge in [0.15, 0.2) is 0 Å². The van der Waals surface area contributed by atoms with Crippen LogP contribution in [0.3, 0.4) is 0 Å². The van der Waals surface area contributed by atoms with Gasteiger partial charge in [-0.25, -0.2) is 13.1 Å². The molecule has 1 aliphatic rings. The number of aryl methyl sites for hydroxylation is 3. The maximum absolute atomic E-state index is 13.5. The van der Waals surface area contributed by atoms with Crippen LogP contribution in [0.5, 0.6) is 5.88 Å². The van der Waals surface area contributed by atoms with Crippen LogP contribution in [0.4, 0.5) is 0 Å². The molecule has 0 spiro atoms. The molecule has 0 aliphatic carbocycles. The molecule has 6 rings (SSSR count). The van der Waals surface area contributed by atoms with Crippen LogP contribution in [-0.4, -0.2) is 67.5 Å². The van der Waals surface area contributed by atoms with Gasteiger partial charge in [0.05, 0.1) is 31.2 Å². The largest absolute Gasteiger partial charge is 0.478 e. The number of methoxy groups -OCH3 is 1. The van der Waals surface area contributed by atoms with Crippen molar-refractivity contribution >= 4 is 20.9 Å². The molecule has 0 saturated carbocycles. The summed E-state index contributed by atoms with van der Waals surface area (Å²) in [5.41, 5.74) is 4.60. The third-order valence-electron chi connectivity index (χ3n) is 7.57. The van der Waals surface area contributed by atoms with Gasteiger partial charge in [-0.1, -0.05) is 30.3 Å². The van der Waals surface area contributed by atoms with Gasteiger partial charge in [0.1, 0.15) is 5.69 Å². The van der Waals surface area contributed by atoms with E-state index in [0.717, 1.165) is 33.3 Å². The highest BCUT2D eigenvalue weighted by Crippen LogP contribution is 2.42. The van der Waals surface area contributed by atoms with Crippen LogP contribution in [0.2, 0.25) is 0 Å². The summed E-state index contributed by atoms with van der Waals surface area (Å²) in [7, 11) is 1.27. The second-order valence-corrected chi connectivity index (χ2v) is 12.1. The zero-order valence-corrected chi connectivity index (χ0v) is 23.1. The average molecular weight is 547 g/mol. The predicted octanol–water partition coefficient (Wildman–Crippen LogP) is 2.78. The third kappa shape index (κ3) is 4.29. The fraction of sp³-hybridized carbons (Fsp3) is 0.333. The number of hydrogen-bond acceptors (Lipinski definition) is 7. The molecular formula is C27H30N8O3S. The smallest absolute Gasteiger partial charge is 0.264 e. The molecule has 39 heavy (non-hydrogen) atoms. The molecule has 0 amide bonds. The summed E-state index contributed by atoms with van der Waals surface area (Å²) in [4.78, 5) is 1.27. The standard InChI is InChI=1S/C27H30N8O3S/c1-19-12-23-21(15-29-35(23)24-17-32(2)31-26(24)38-4)13-22(19)27(14-20-8-6-5-7-9-20)10-11-34(18-27)39(36,37)25-16-28-33(3)30-25/h5-9,12-13,15-17H,10-11,14,18H2,1-4H3. The number of benzene rings is 2. The minimum Gasteiger partial charge on any atom is -0.478 e. The van der Waals surface area contributed by atoms with Gasteiger partial charge >= 0.3 is 0 Å². The monoisotopic (exact) mass is 546 g/mol. The van der Waals surface area contributed by atoms with Gasteiger partial charge in [-0.2, -0.15) is 19.3 Å². The molecule has 5 aromatic rings. The molecule has 4 heterocycles. The second kappa shape index (κ2) is 9.31. The lowest BCUT2D eigenvalue weighted by molar-refractivity contribution is 0.390. The molecule has 0 bridgehead atoms. The number of nitrogens with zero attached hydrogens (tertiary/aromatic N) is 8. The molecule has 12 heteroatoms. The lowest BCUT2D eigenvalue weighted by Gasteiger charge is -2.32. The number of fused-ring (bicyclic) bond motifs is 1. The Morgan fingerprint density at radius 3 is 2.56 bits per heavy atom. The molecule has 1 unspecified atom stereocenters. The van der Waals surface area contributed by atoms with Crippen LogP contribution in [0, 0.1) is 6.92 Å². The molecule has 2 aromatic carbocycles. The molecule has 1 saturated heterocycles. The Morgan fingerprint density at radius 2 is 1.85 bits per heavy atom. The van der Waals surface area contributed by atoms with Crippen molar-refractivity contribution in [1.29, 1.82) is 0 Å². The minimum atomic E-state index is -3.78. The maximum atomic E-state index is 13.5. The number of rotatable bonds is 7. The minimum absolute atomic E-state index is 0.0284. The molecule has 11 nitrogen and oxygen atoms in total.